The maximum absolute atomic E-state index is 10.4. The molecule has 1 aromatic rings. The highest BCUT2D eigenvalue weighted by molar-refractivity contribution is 6.30. The molecule has 2 N–H and O–H groups in total. The summed E-state index contributed by atoms with van der Waals surface area (Å²) in [7, 11) is 2.04. The SMILES string of the molecule is C[C@@H](NC[C@]1(O)CCN(C)C1)c1ccc(Cl)cc1. The summed E-state index contributed by atoms with van der Waals surface area (Å²) in [6, 6.07) is 8.05. The number of aliphatic hydroxyl groups is 1. The first-order valence-corrected chi connectivity index (χ1v) is 6.76. The Morgan fingerprint density at radius 2 is 2.11 bits per heavy atom. The minimum atomic E-state index is -0.588. The van der Waals surface area contributed by atoms with E-state index in [1.165, 1.54) is 5.56 Å². The van der Waals surface area contributed by atoms with Gasteiger partial charge in [-0.2, -0.15) is 0 Å². The fourth-order valence-corrected chi connectivity index (χ4v) is 2.54. The Bertz CT molecular complexity index is 395. The number of hydrogen-bond donors (Lipinski definition) is 2. The smallest absolute Gasteiger partial charge is 0.0909 e. The van der Waals surface area contributed by atoms with Crippen LogP contribution in [0.1, 0.15) is 24.9 Å². The number of β-amino-alcohol motifs (C(OH)–C–C–N with tert-alkyl or cyclic N) is 1. The van der Waals surface area contributed by atoms with Crippen molar-refractivity contribution in [1.29, 1.82) is 0 Å². The monoisotopic (exact) mass is 268 g/mol. The van der Waals surface area contributed by atoms with E-state index in [9.17, 15) is 5.11 Å². The van der Waals surface area contributed by atoms with Crippen molar-refractivity contribution in [3.05, 3.63) is 34.9 Å². The fraction of sp³-hybridized carbons (Fsp3) is 0.571. The fourth-order valence-electron chi connectivity index (χ4n) is 2.42. The first-order valence-electron chi connectivity index (χ1n) is 6.38. The largest absolute Gasteiger partial charge is 0.387 e. The van der Waals surface area contributed by atoms with Gasteiger partial charge in [0.15, 0.2) is 0 Å². The van der Waals surface area contributed by atoms with Crippen LogP contribution in [0.5, 0.6) is 0 Å². The molecule has 1 heterocycles. The highest BCUT2D eigenvalue weighted by Gasteiger charge is 2.34. The van der Waals surface area contributed by atoms with Crippen LogP contribution in [0, 0.1) is 0 Å². The van der Waals surface area contributed by atoms with Gasteiger partial charge in [0.1, 0.15) is 0 Å². The first kappa shape index (κ1) is 13.8. The summed E-state index contributed by atoms with van der Waals surface area (Å²) in [6.07, 6.45) is 0.837. The molecule has 1 saturated heterocycles. The van der Waals surface area contributed by atoms with Gasteiger partial charge in [0.25, 0.3) is 0 Å². The van der Waals surface area contributed by atoms with Crippen LogP contribution < -0.4 is 5.32 Å². The summed E-state index contributed by atoms with van der Waals surface area (Å²) >= 11 is 5.87. The molecule has 4 heteroatoms. The number of benzene rings is 1. The summed E-state index contributed by atoms with van der Waals surface area (Å²) in [5.74, 6) is 0. The zero-order chi connectivity index (χ0) is 13.2. The van der Waals surface area contributed by atoms with Crippen LogP contribution in [0.3, 0.4) is 0 Å². The number of halogens is 1. The molecule has 0 saturated carbocycles. The second kappa shape index (κ2) is 5.57. The van der Waals surface area contributed by atoms with Gasteiger partial charge in [-0.15, -0.1) is 0 Å². The number of likely N-dealkylation sites (N-methyl/N-ethyl adjacent to an activating group) is 1. The minimum Gasteiger partial charge on any atom is -0.387 e. The van der Waals surface area contributed by atoms with Gasteiger partial charge in [-0.3, -0.25) is 0 Å². The zero-order valence-corrected chi connectivity index (χ0v) is 11.7. The van der Waals surface area contributed by atoms with E-state index in [0.29, 0.717) is 6.54 Å². The van der Waals surface area contributed by atoms with E-state index in [0.717, 1.165) is 24.5 Å². The Hall–Kier alpha value is -0.610. The van der Waals surface area contributed by atoms with Gasteiger partial charge in [-0.25, -0.2) is 0 Å². The Morgan fingerprint density at radius 3 is 2.67 bits per heavy atom. The van der Waals surface area contributed by atoms with Crippen LogP contribution in [-0.4, -0.2) is 42.3 Å². The van der Waals surface area contributed by atoms with Crippen LogP contribution in [0.4, 0.5) is 0 Å². The van der Waals surface area contributed by atoms with Gasteiger partial charge in [0.2, 0.25) is 0 Å². The van der Waals surface area contributed by atoms with Gasteiger partial charge >= 0.3 is 0 Å². The van der Waals surface area contributed by atoms with Crippen molar-refractivity contribution < 1.29 is 5.11 Å². The second-order valence-corrected chi connectivity index (χ2v) is 5.80. The Balaban J connectivity index is 1.88. The molecule has 0 radical (unpaired) electrons. The predicted molar refractivity (Wildman–Crippen MR) is 74.9 cm³/mol. The van der Waals surface area contributed by atoms with Crippen molar-refractivity contribution in [3.8, 4) is 0 Å². The molecule has 2 rings (SSSR count). The molecule has 1 aromatic carbocycles. The number of nitrogens with one attached hydrogen (secondary N) is 1. The van der Waals surface area contributed by atoms with Crippen LogP contribution in [0.25, 0.3) is 0 Å². The minimum absolute atomic E-state index is 0.220. The van der Waals surface area contributed by atoms with E-state index in [1.807, 2.05) is 31.3 Å². The predicted octanol–water partition coefficient (Wildman–Crippen LogP) is 2.06. The van der Waals surface area contributed by atoms with E-state index in [-0.39, 0.29) is 6.04 Å². The van der Waals surface area contributed by atoms with Gasteiger partial charge in [-0.05, 0) is 38.1 Å². The summed E-state index contributed by atoms with van der Waals surface area (Å²) in [4.78, 5) is 2.16. The molecule has 1 fully saturated rings. The van der Waals surface area contributed by atoms with Crippen molar-refractivity contribution in [3.63, 3.8) is 0 Å². The average Bonchev–Trinajstić information content (AvgIpc) is 2.68. The molecule has 0 aliphatic carbocycles. The highest BCUT2D eigenvalue weighted by Crippen LogP contribution is 2.21. The molecule has 1 aliphatic rings. The Morgan fingerprint density at radius 1 is 1.44 bits per heavy atom. The van der Waals surface area contributed by atoms with Crippen LogP contribution in [-0.2, 0) is 0 Å². The normalized spacial score (nSPS) is 26.4. The van der Waals surface area contributed by atoms with Crippen molar-refractivity contribution in [2.45, 2.75) is 25.0 Å². The maximum Gasteiger partial charge on any atom is 0.0909 e. The first-order chi connectivity index (χ1) is 8.48. The summed E-state index contributed by atoms with van der Waals surface area (Å²) in [5, 5.41) is 14.5. The van der Waals surface area contributed by atoms with E-state index in [4.69, 9.17) is 11.6 Å². The molecule has 0 spiro atoms. The molecule has 3 nitrogen and oxygen atoms in total. The summed E-state index contributed by atoms with van der Waals surface area (Å²) in [5.41, 5.74) is 0.601. The molecule has 18 heavy (non-hydrogen) atoms. The molecule has 2 atom stereocenters. The van der Waals surface area contributed by atoms with Gasteiger partial charge < -0.3 is 15.3 Å². The summed E-state index contributed by atoms with van der Waals surface area (Å²) in [6.45, 7) is 4.44. The third-order valence-corrected chi connectivity index (χ3v) is 3.88. The quantitative estimate of drug-likeness (QED) is 0.878. The van der Waals surface area contributed by atoms with E-state index < -0.39 is 5.60 Å². The number of hydrogen-bond acceptors (Lipinski definition) is 3. The van der Waals surface area contributed by atoms with Crippen LogP contribution in [0.2, 0.25) is 5.02 Å². The van der Waals surface area contributed by atoms with Crippen LogP contribution >= 0.6 is 11.6 Å². The third kappa shape index (κ3) is 3.45. The molecule has 0 amide bonds. The lowest BCUT2D eigenvalue weighted by atomic mass is 10.0. The maximum atomic E-state index is 10.4. The number of rotatable bonds is 4. The number of likely N-dealkylation sites (tertiary alicyclic amines) is 1. The van der Waals surface area contributed by atoms with E-state index in [1.54, 1.807) is 0 Å². The van der Waals surface area contributed by atoms with Gasteiger partial charge in [0, 0.05) is 30.7 Å². The number of nitrogens with zero attached hydrogens (tertiary/aromatic N) is 1. The van der Waals surface area contributed by atoms with Crippen molar-refractivity contribution in [1.82, 2.24) is 10.2 Å². The Kier molecular flexibility index (Phi) is 4.28. The molecule has 0 aromatic heterocycles. The Labute approximate surface area is 114 Å². The lowest BCUT2D eigenvalue weighted by Gasteiger charge is -2.25. The molecule has 0 bridgehead atoms. The molecular formula is C14H21ClN2O. The zero-order valence-electron chi connectivity index (χ0n) is 11.0. The van der Waals surface area contributed by atoms with Crippen molar-refractivity contribution >= 4 is 11.6 Å². The molecule has 1 aliphatic heterocycles. The second-order valence-electron chi connectivity index (χ2n) is 5.37. The highest BCUT2D eigenvalue weighted by atomic mass is 35.5. The molecule has 100 valence electrons. The van der Waals surface area contributed by atoms with Crippen LogP contribution in [0.15, 0.2) is 24.3 Å². The van der Waals surface area contributed by atoms with Crippen molar-refractivity contribution in [2.75, 3.05) is 26.7 Å². The van der Waals surface area contributed by atoms with Gasteiger partial charge in [-0.1, -0.05) is 23.7 Å². The molecule has 0 unspecified atom stereocenters. The summed E-state index contributed by atoms with van der Waals surface area (Å²) < 4.78 is 0. The third-order valence-electron chi connectivity index (χ3n) is 3.63. The lowest BCUT2D eigenvalue weighted by molar-refractivity contribution is 0.0494. The van der Waals surface area contributed by atoms with E-state index in [2.05, 4.69) is 17.1 Å². The topological polar surface area (TPSA) is 35.5 Å². The van der Waals surface area contributed by atoms with E-state index >= 15 is 0 Å². The van der Waals surface area contributed by atoms with Gasteiger partial charge in [0.05, 0.1) is 5.60 Å². The lowest BCUT2D eigenvalue weighted by Crippen LogP contribution is -2.43. The average molecular weight is 269 g/mol. The standard InChI is InChI=1S/C14H21ClN2O/c1-11(12-3-5-13(15)6-4-12)16-9-14(18)7-8-17(2)10-14/h3-6,11,16,18H,7-10H2,1-2H3/t11-,14-/m1/s1. The molecular weight excluding hydrogens is 248 g/mol. The van der Waals surface area contributed by atoms with Crippen molar-refractivity contribution in [2.24, 2.45) is 0 Å².